The van der Waals surface area contributed by atoms with Gasteiger partial charge in [0.1, 0.15) is 0 Å². The van der Waals surface area contributed by atoms with Crippen molar-refractivity contribution in [3.63, 3.8) is 0 Å². The minimum Gasteiger partial charge on any atom is -0.354 e. The van der Waals surface area contributed by atoms with E-state index in [1.165, 1.54) is 32.9 Å². The van der Waals surface area contributed by atoms with Gasteiger partial charge in [-0.2, -0.15) is 0 Å². The fraction of sp³-hybridized carbons (Fsp3) is 0.0667. The predicted molar refractivity (Wildman–Crippen MR) is 70.6 cm³/mol. The predicted octanol–water partition coefficient (Wildman–Crippen LogP) is 4.27. The van der Waals surface area contributed by atoms with Gasteiger partial charge in [0.2, 0.25) is 0 Å². The maximum atomic E-state index is 3.84. The fourth-order valence-electron chi connectivity index (χ4n) is 2.30. The second-order valence-corrected chi connectivity index (χ2v) is 4.08. The topological polar surface area (TPSA) is 15.8 Å². The van der Waals surface area contributed by atoms with Gasteiger partial charge in [0, 0.05) is 16.3 Å². The summed E-state index contributed by atoms with van der Waals surface area (Å²) in [7, 11) is 0. The number of benzene rings is 2. The van der Waals surface area contributed by atoms with Crippen molar-refractivity contribution in [3.8, 4) is 0 Å². The lowest BCUT2D eigenvalue weighted by atomic mass is 10.0. The number of para-hydroxylation sites is 1. The van der Waals surface area contributed by atoms with E-state index >= 15 is 0 Å². The maximum Gasteiger partial charge on any atom is 0.0500 e. The standard InChI is InChI=1S/C15H13N/c1-3-11-8-9-13-12-6-4-5-7-14(12)16-15(13)10(11)2/h3-9,16H,1H2,2H3. The van der Waals surface area contributed by atoms with E-state index in [4.69, 9.17) is 0 Å². The molecule has 1 heterocycles. The fourth-order valence-corrected chi connectivity index (χ4v) is 2.30. The number of aryl methyl sites for hydroxylation is 1. The second kappa shape index (κ2) is 3.24. The zero-order valence-electron chi connectivity index (χ0n) is 9.25. The van der Waals surface area contributed by atoms with Crippen molar-refractivity contribution in [1.82, 2.24) is 4.98 Å². The summed E-state index contributed by atoms with van der Waals surface area (Å²) in [5, 5.41) is 2.58. The smallest absolute Gasteiger partial charge is 0.0500 e. The Morgan fingerprint density at radius 1 is 1.06 bits per heavy atom. The van der Waals surface area contributed by atoms with Gasteiger partial charge in [0.05, 0.1) is 5.52 Å². The van der Waals surface area contributed by atoms with Gasteiger partial charge in [-0.05, 0) is 24.1 Å². The molecular weight excluding hydrogens is 194 g/mol. The molecule has 0 aliphatic rings. The van der Waals surface area contributed by atoms with Crippen LogP contribution >= 0.6 is 0 Å². The zero-order chi connectivity index (χ0) is 11.1. The van der Waals surface area contributed by atoms with E-state index < -0.39 is 0 Å². The van der Waals surface area contributed by atoms with Gasteiger partial charge >= 0.3 is 0 Å². The molecule has 0 amide bonds. The molecular formula is C15H13N. The van der Waals surface area contributed by atoms with Crippen molar-refractivity contribution < 1.29 is 0 Å². The summed E-state index contributed by atoms with van der Waals surface area (Å²) in [6, 6.07) is 12.7. The Balaban J connectivity index is 2.54. The van der Waals surface area contributed by atoms with Crippen LogP contribution in [0.2, 0.25) is 0 Å². The summed E-state index contributed by atoms with van der Waals surface area (Å²) < 4.78 is 0. The Bertz CT molecular complexity index is 689. The molecule has 1 heteroatoms. The molecule has 1 nitrogen and oxygen atoms in total. The van der Waals surface area contributed by atoms with Crippen molar-refractivity contribution in [2.75, 3.05) is 0 Å². The average Bonchev–Trinajstić information content (AvgIpc) is 2.69. The van der Waals surface area contributed by atoms with E-state index in [1.54, 1.807) is 0 Å². The number of rotatable bonds is 1. The lowest BCUT2D eigenvalue weighted by Crippen LogP contribution is -1.81. The molecule has 1 N–H and O–H groups in total. The van der Waals surface area contributed by atoms with Crippen molar-refractivity contribution in [2.45, 2.75) is 6.92 Å². The number of aromatic amines is 1. The van der Waals surface area contributed by atoms with Crippen LogP contribution in [0.15, 0.2) is 43.0 Å². The first kappa shape index (κ1) is 9.22. The lowest BCUT2D eigenvalue weighted by molar-refractivity contribution is 1.44. The Morgan fingerprint density at radius 3 is 2.69 bits per heavy atom. The van der Waals surface area contributed by atoms with Crippen molar-refractivity contribution >= 4 is 27.9 Å². The molecule has 3 rings (SSSR count). The molecule has 0 aliphatic carbocycles. The molecule has 0 spiro atoms. The van der Waals surface area contributed by atoms with E-state index in [2.05, 4.69) is 54.9 Å². The molecule has 78 valence electrons. The third kappa shape index (κ3) is 1.12. The van der Waals surface area contributed by atoms with E-state index in [9.17, 15) is 0 Å². The van der Waals surface area contributed by atoms with Crippen LogP contribution in [0.4, 0.5) is 0 Å². The Hall–Kier alpha value is -2.02. The molecule has 3 aromatic rings. The van der Waals surface area contributed by atoms with Crippen LogP contribution in [0.3, 0.4) is 0 Å². The highest BCUT2D eigenvalue weighted by atomic mass is 14.7. The monoisotopic (exact) mass is 207 g/mol. The Kier molecular flexibility index (Phi) is 1.87. The van der Waals surface area contributed by atoms with Crippen molar-refractivity contribution in [3.05, 3.63) is 54.1 Å². The third-order valence-electron chi connectivity index (χ3n) is 3.20. The van der Waals surface area contributed by atoms with Crippen LogP contribution in [0.5, 0.6) is 0 Å². The number of H-pyrrole nitrogens is 1. The molecule has 0 aliphatic heterocycles. The van der Waals surface area contributed by atoms with Crippen LogP contribution in [-0.4, -0.2) is 4.98 Å². The van der Waals surface area contributed by atoms with Gasteiger partial charge < -0.3 is 4.98 Å². The molecule has 0 unspecified atom stereocenters. The average molecular weight is 207 g/mol. The molecule has 0 atom stereocenters. The Labute approximate surface area is 94.4 Å². The van der Waals surface area contributed by atoms with Gasteiger partial charge in [0.15, 0.2) is 0 Å². The minimum atomic E-state index is 1.19. The van der Waals surface area contributed by atoms with Gasteiger partial charge in [-0.3, -0.25) is 0 Å². The number of fused-ring (bicyclic) bond motifs is 3. The molecule has 0 radical (unpaired) electrons. The first-order chi connectivity index (χ1) is 7.81. The van der Waals surface area contributed by atoms with Crippen LogP contribution in [0, 0.1) is 6.92 Å². The summed E-state index contributed by atoms with van der Waals surface area (Å²) >= 11 is 0. The molecule has 0 saturated heterocycles. The minimum absolute atomic E-state index is 1.19. The molecule has 2 aromatic carbocycles. The van der Waals surface area contributed by atoms with Crippen molar-refractivity contribution in [2.24, 2.45) is 0 Å². The quantitative estimate of drug-likeness (QED) is 0.613. The normalized spacial score (nSPS) is 11.1. The molecule has 1 aromatic heterocycles. The highest BCUT2D eigenvalue weighted by molar-refractivity contribution is 6.08. The highest BCUT2D eigenvalue weighted by Crippen LogP contribution is 2.29. The first-order valence-electron chi connectivity index (χ1n) is 5.43. The van der Waals surface area contributed by atoms with E-state index in [-0.39, 0.29) is 0 Å². The van der Waals surface area contributed by atoms with Gasteiger partial charge in [0.25, 0.3) is 0 Å². The maximum absolute atomic E-state index is 3.84. The van der Waals surface area contributed by atoms with E-state index in [1.807, 2.05) is 6.08 Å². The zero-order valence-corrected chi connectivity index (χ0v) is 9.25. The first-order valence-corrected chi connectivity index (χ1v) is 5.43. The summed E-state index contributed by atoms with van der Waals surface area (Å²) in [4.78, 5) is 3.47. The van der Waals surface area contributed by atoms with Crippen LogP contribution in [-0.2, 0) is 0 Å². The molecule has 0 bridgehead atoms. The van der Waals surface area contributed by atoms with Crippen molar-refractivity contribution in [1.29, 1.82) is 0 Å². The SMILES string of the molecule is C=Cc1ccc2c([nH]c3ccccc32)c1C. The summed E-state index contributed by atoms with van der Waals surface area (Å²) in [5.74, 6) is 0. The number of aromatic nitrogens is 1. The number of nitrogens with one attached hydrogen (secondary N) is 1. The van der Waals surface area contributed by atoms with Gasteiger partial charge in [-0.1, -0.05) is 43.0 Å². The van der Waals surface area contributed by atoms with Gasteiger partial charge in [-0.25, -0.2) is 0 Å². The lowest BCUT2D eigenvalue weighted by Gasteiger charge is -2.01. The summed E-state index contributed by atoms with van der Waals surface area (Å²) in [6.45, 7) is 5.97. The number of hydrogen-bond acceptors (Lipinski definition) is 0. The van der Waals surface area contributed by atoms with E-state index in [0.29, 0.717) is 0 Å². The largest absolute Gasteiger partial charge is 0.354 e. The van der Waals surface area contributed by atoms with Gasteiger partial charge in [-0.15, -0.1) is 0 Å². The molecule has 0 saturated carbocycles. The third-order valence-corrected chi connectivity index (χ3v) is 3.20. The van der Waals surface area contributed by atoms with Crippen LogP contribution in [0.1, 0.15) is 11.1 Å². The van der Waals surface area contributed by atoms with Crippen LogP contribution < -0.4 is 0 Å². The highest BCUT2D eigenvalue weighted by Gasteiger charge is 2.06. The Morgan fingerprint density at radius 2 is 1.88 bits per heavy atom. The molecule has 16 heavy (non-hydrogen) atoms. The van der Waals surface area contributed by atoms with E-state index in [0.717, 1.165) is 0 Å². The summed E-state index contributed by atoms with van der Waals surface area (Å²) in [5.41, 5.74) is 4.88. The number of hydrogen-bond donors (Lipinski definition) is 1. The second-order valence-electron chi connectivity index (χ2n) is 4.08. The molecule has 0 fully saturated rings. The summed E-state index contributed by atoms with van der Waals surface area (Å²) in [6.07, 6.45) is 1.90. The van der Waals surface area contributed by atoms with Crippen LogP contribution in [0.25, 0.3) is 27.9 Å².